The molecule has 0 unspecified atom stereocenters. The number of fused-ring (bicyclic) bond motifs is 1. The maximum atomic E-state index is 12.6. The molecule has 2 aliphatic rings. The van der Waals surface area contributed by atoms with Crippen LogP contribution in [0.1, 0.15) is 28.9 Å². The van der Waals surface area contributed by atoms with Crippen molar-refractivity contribution in [2.45, 2.75) is 44.4 Å². The van der Waals surface area contributed by atoms with Crippen molar-refractivity contribution in [3.63, 3.8) is 0 Å². The molecule has 31 heavy (non-hydrogen) atoms. The summed E-state index contributed by atoms with van der Waals surface area (Å²) in [6.45, 7) is 0.754. The summed E-state index contributed by atoms with van der Waals surface area (Å²) in [5.41, 5.74) is 7.33. The molecule has 0 atom stereocenters. The van der Waals surface area contributed by atoms with Crippen molar-refractivity contribution in [1.29, 1.82) is 0 Å². The van der Waals surface area contributed by atoms with Crippen LogP contribution in [-0.2, 0) is 17.8 Å². The number of aromatic nitrogens is 2. The largest absolute Gasteiger partial charge is 0.522 e. The van der Waals surface area contributed by atoms with Crippen LogP contribution in [0.3, 0.4) is 0 Å². The summed E-state index contributed by atoms with van der Waals surface area (Å²) < 4.78 is 42.3. The predicted octanol–water partition coefficient (Wildman–Crippen LogP) is 2.90. The van der Waals surface area contributed by atoms with E-state index in [0.717, 1.165) is 0 Å². The average Bonchev–Trinajstić information content (AvgIpc) is 3.04. The number of hydrogen-bond donors (Lipinski definition) is 2. The summed E-state index contributed by atoms with van der Waals surface area (Å²) in [6.07, 6.45) is -5.46. The predicted molar refractivity (Wildman–Crippen MR) is 104 cm³/mol. The number of carbonyl (C=O) groups is 2. The second-order valence-corrected chi connectivity index (χ2v) is 7.93. The highest BCUT2D eigenvalue weighted by atomic mass is 35.5. The van der Waals surface area contributed by atoms with Gasteiger partial charge in [-0.15, -0.1) is 13.2 Å². The zero-order chi connectivity index (χ0) is 22.3. The van der Waals surface area contributed by atoms with Gasteiger partial charge in [0.1, 0.15) is 5.69 Å². The van der Waals surface area contributed by atoms with Gasteiger partial charge in [0.05, 0.1) is 30.5 Å². The number of benzene rings is 1. The van der Waals surface area contributed by atoms with Crippen molar-refractivity contribution in [3.05, 3.63) is 40.5 Å². The van der Waals surface area contributed by atoms with Gasteiger partial charge in [0.2, 0.25) is 0 Å². The number of nitrogens with zero attached hydrogens (tertiary/aromatic N) is 3. The smallest absolute Gasteiger partial charge is 0.365 e. The van der Waals surface area contributed by atoms with Gasteiger partial charge in [-0.1, -0.05) is 23.7 Å². The minimum absolute atomic E-state index is 0.0858. The number of carbonyl (C=O) groups excluding carboxylic acids is 2. The lowest BCUT2D eigenvalue weighted by atomic mass is 9.89. The lowest BCUT2D eigenvalue weighted by molar-refractivity contribution is -0.351. The van der Waals surface area contributed by atoms with E-state index < -0.39 is 30.4 Å². The van der Waals surface area contributed by atoms with Crippen LogP contribution in [0.15, 0.2) is 24.3 Å². The minimum Gasteiger partial charge on any atom is -0.365 e. The van der Waals surface area contributed by atoms with Gasteiger partial charge in [-0.05, 0) is 25.0 Å². The monoisotopic (exact) mass is 457 g/mol. The topological polar surface area (TPSA) is 102 Å². The van der Waals surface area contributed by atoms with E-state index in [1.807, 2.05) is 0 Å². The highest BCUT2D eigenvalue weighted by Gasteiger charge is 2.41. The molecule has 1 aromatic heterocycles. The first kappa shape index (κ1) is 21.4. The molecule has 1 aliphatic heterocycles. The summed E-state index contributed by atoms with van der Waals surface area (Å²) in [4.78, 5) is 26.3. The molecule has 166 valence electrons. The van der Waals surface area contributed by atoms with Gasteiger partial charge in [-0.25, -0.2) is 4.79 Å². The third-order valence-electron chi connectivity index (χ3n) is 5.33. The fourth-order valence-electron chi connectivity index (χ4n) is 3.82. The first-order valence-corrected chi connectivity index (χ1v) is 9.94. The van der Waals surface area contributed by atoms with Gasteiger partial charge in [0.15, 0.2) is 0 Å². The van der Waals surface area contributed by atoms with E-state index in [-0.39, 0.29) is 24.9 Å². The van der Waals surface area contributed by atoms with Gasteiger partial charge in [-0.3, -0.25) is 14.2 Å². The number of halogens is 4. The number of alkyl halides is 3. The number of urea groups is 1. The Labute approximate surface area is 180 Å². The fraction of sp³-hybridized carbons (Fsp3) is 0.421. The maximum absolute atomic E-state index is 12.6. The second-order valence-electron chi connectivity index (χ2n) is 7.49. The second kappa shape index (κ2) is 8.04. The average molecular weight is 458 g/mol. The number of amides is 3. The van der Waals surface area contributed by atoms with Gasteiger partial charge < -0.3 is 16.0 Å². The zero-order valence-electron chi connectivity index (χ0n) is 16.2. The lowest BCUT2D eigenvalue weighted by Gasteiger charge is -2.37. The molecule has 3 N–H and O–H groups in total. The Balaban J connectivity index is 1.46. The van der Waals surface area contributed by atoms with E-state index in [1.165, 1.54) is 4.90 Å². The van der Waals surface area contributed by atoms with Crippen LogP contribution >= 0.6 is 11.6 Å². The van der Waals surface area contributed by atoms with Crippen molar-refractivity contribution >= 4 is 23.5 Å². The van der Waals surface area contributed by atoms with Crippen LogP contribution < -0.4 is 11.1 Å². The molecule has 3 amide bonds. The Morgan fingerprint density at radius 1 is 1.26 bits per heavy atom. The highest BCUT2D eigenvalue weighted by molar-refractivity contribution is 6.30. The van der Waals surface area contributed by atoms with Crippen molar-refractivity contribution < 1.29 is 27.5 Å². The molecule has 2 aromatic rings. The van der Waals surface area contributed by atoms with E-state index in [4.69, 9.17) is 17.3 Å². The van der Waals surface area contributed by atoms with E-state index in [0.29, 0.717) is 35.1 Å². The molecule has 1 aromatic carbocycles. The molecule has 0 saturated heterocycles. The number of hydrogen-bond acceptors (Lipinski definition) is 4. The molecule has 1 fully saturated rings. The third kappa shape index (κ3) is 4.62. The molecule has 0 bridgehead atoms. The van der Waals surface area contributed by atoms with Gasteiger partial charge in [0.25, 0.3) is 5.91 Å². The summed E-state index contributed by atoms with van der Waals surface area (Å²) in [6, 6.07) is 6.03. The van der Waals surface area contributed by atoms with E-state index >= 15 is 0 Å². The van der Waals surface area contributed by atoms with Crippen LogP contribution in [0.25, 0.3) is 11.3 Å². The molecule has 12 heteroatoms. The van der Waals surface area contributed by atoms with Gasteiger partial charge >= 0.3 is 12.4 Å². The Kier molecular flexibility index (Phi) is 5.56. The molecule has 2 heterocycles. The highest BCUT2D eigenvalue weighted by Crippen LogP contribution is 2.32. The zero-order valence-corrected chi connectivity index (χ0v) is 16.9. The van der Waals surface area contributed by atoms with Crippen molar-refractivity contribution in [2.75, 3.05) is 6.54 Å². The van der Waals surface area contributed by atoms with Crippen LogP contribution in [0.4, 0.5) is 18.0 Å². The summed E-state index contributed by atoms with van der Waals surface area (Å²) in [5, 5.41) is 7.67. The third-order valence-corrected chi connectivity index (χ3v) is 5.57. The molecule has 1 aliphatic carbocycles. The Bertz CT molecular complexity index is 1020. The normalized spacial score (nSPS) is 20.7. The number of nitrogens with two attached hydrogens (primary N) is 1. The van der Waals surface area contributed by atoms with Crippen molar-refractivity contribution in [2.24, 2.45) is 5.73 Å². The molecule has 8 nitrogen and oxygen atoms in total. The number of rotatable bonds is 4. The van der Waals surface area contributed by atoms with Gasteiger partial charge in [0, 0.05) is 23.2 Å². The van der Waals surface area contributed by atoms with Gasteiger partial charge in [-0.2, -0.15) is 5.10 Å². The fourth-order valence-corrected chi connectivity index (χ4v) is 4.01. The van der Waals surface area contributed by atoms with Crippen LogP contribution in [0, 0.1) is 0 Å². The van der Waals surface area contributed by atoms with Crippen molar-refractivity contribution in [1.82, 2.24) is 20.0 Å². The first-order chi connectivity index (χ1) is 14.6. The first-order valence-electron chi connectivity index (χ1n) is 9.56. The van der Waals surface area contributed by atoms with E-state index in [1.54, 1.807) is 28.9 Å². The molecular formula is C19H19ClF3N5O3. The molecule has 0 radical (unpaired) electrons. The standard InChI is InChI=1S/C19H19ClF3N5O3/c20-11-3-1-2-10(6-11)16-15(17(24)29)14-9-27(4-5-28(14)26-16)18(30)25-12-7-13(8-12)31-19(21,22)23/h1-3,6,12-13H,4-5,7-9H2,(H2,24,29)(H,25,30)/t12-,13+. The quantitative estimate of drug-likeness (QED) is 0.736. The molecule has 1 saturated carbocycles. The summed E-state index contributed by atoms with van der Waals surface area (Å²) in [5.74, 6) is -0.676. The lowest BCUT2D eigenvalue weighted by Crippen LogP contribution is -2.54. The minimum atomic E-state index is -4.68. The van der Waals surface area contributed by atoms with Crippen LogP contribution in [0.5, 0.6) is 0 Å². The summed E-state index contributed by atoms with van der Waals surface area (Å²) in [7, 11) is 0. The number of nitrogens with one attached hydrogen (secondary N) is 1. The maximum Gasteiger partial charge on any atom is 0.522 e. The number of primary amides is 1. The Hall–Kier alpha value is -2.79. The van der Waals surface area contributed by atoms with E-state index in [9.17, 15) is 22.8 Å². The van der Waals surface area contributed by atoms with E-state index in [2.05, 4.69) is 15.2 Å². The molecule has 4 rings (SSSR count). The Morgan fingerprint density at radius 3 is 2.65 bits per heavy atom. The van der Waals surface area contributed by atoms with Crippen molar-refractivity contribution in [3.8, 4) is 11.3 Å². The number of ether oxygens (including phenoxy) is 1. The molecular weight excluding hydrogens is 439 g/mol. The molecule has 0 spiro atoms. The van der Waals surface area contributed by atoms with Crippen LogP contribution in [0.2, 0.25) is 5.02 Å². The SMILES string of the molecule is NC(=O)c1c(-c2cccc(Cl)c2)nn2c1CN(C(=O)N[C@H]1C[C@@H](OC(F)(F)F)C1)CC2. The Morgan fingerprint density at radius 2 is 2.00 bits per heavy atom. The summed E-state index contributed by atoms with van der Waals surface area (Å²) >= 11 is 6.05. The van der Waals surface area contributed by atoms with Crippen LogP contribution in [-0.4, -0.2) is 51.7 Å².